The highest BCUT2D eigenvalue weighted by Crippen LogP contribution is 2.45. The predicted octanol–water partition coefficient (Wildman–Crippen LogP) is 5.05. The Morgan fingerprint density at radius 2 is 1.80 bits per heavy atom. The predicted molar refractivity (Wildman–Crippen MR) is 133 cm³/mol. The third kappa shape index (κ3) is 2.86. The van der Waals surface area contributed by atoms with Gasteiger partial charge in [-0.1, -0.05) is 59.8 Å². The van der Waals surface area contributed by atoms with Crippen molar-refractivity contribution in [2.75, 3.05) is 5.32 Å². The topological polar surface area (TPSA) is 123 Å². The lowest BCUT2D eigenvalue weighted by Crippen LogP contribution is -2.15. The van der Waals surface area contributed by atoms with Gasteiger partial charge < -0.3 is 20.6 Å². The molecule has 8 heteroatoms. The number of anilines is 1. The van der Waals surface area contributed by atoms with Crippen LogP contribution in [0.4, 0.5) is 5.69 Å². The number of hydrogen-bond acceptors (Lipinski definition) is 6. The van der Waals surface area contributed by atoms with Crippen LogP contribution in [0.1, 0.15) is 27.7 Å². The van der Waals surface area contributed by atoms with Crippen LogP contribution in [-0.4, -0.2) is 26.2 Å². The van der Waals surface area contributed by atoms with Crippen molar-refractivity contribution in [2.45, 2.75) is 6.04 Å². The van der Waals surface area contributed by atoms with Gasteiger partial charge in [-0.3, -0.25) is 4.79 Å². The Kier molecular flexibility index (Phi) is 4.04. The minimum absolute atomic E-state index is 0.147. The number of primary amides is 1. The number of aromatic nitrogens is 4. The number of H-pyrrole nitrogens is 1. The lowest BCUT2D eigenvalue weighted by Gasteiger charge is -2.19. The molecule has 4 heterocycles. The summed E-state index contributed by atoms with van der Waals surface area (Å²) in [6.45, 7) is 0. The molecule has 1 amide bonds. The molecular weight excluding hydrogens is 440 g/mol. The molecular formula is C27H18N6O2. The highest BCUT2D eigenvalue weighted by atomic mass is 16.5. The van der Waals surface area contributed by atoms with Crippen LogP contribution in [-0.2, 0) is 0 Å². The van der Waals surface area contributed by atoms with Crippen LogP contribution >= 0.6 is 0 Å². The van der Waals surface area contributed by atoms with Gasteiger partial charge in [-0.15, -0.1) is 10.2 Å². The normalized spacial score (nSPS) is 14.5. The van der Waals surface area contributed by atoms with Crippen LogP contribution in [0.15, 0.2) is 83.5 Å². The van der Waals surface area contributed by atoms with E-state index in [0.29, 0.717) is 11.2 Å². The summed E-state index contributed by atoms with van der Waals surface area (Å²) >= 11 is 0. The molecule has 35 heavy (non-hydrogen) atoms. The number of amides is 1. The van der Waals surface area contributed by atoms with E-state index in [1.807, 2.05) is 72.9 Å². The largest absolute Gasteiger partial charge is 0.374 e. The minimum Gasteiger partial charge on any atom is -0.374 e. The zero-order chi connectivity index (χ0) is 23.5. The maximum absolute atomic E-state index is 12.3. The van der Waals surface area contributed by atoms with Gasteiger partial charge >= 0.3 is 0 Å². The van der Waals surface area contributed by atoms with Crippen molar-refractivity contribution in [1.29, 1.82) is 0 Å². The number of rotatable bonds is 3. The number of carbonyl (C=O) groups is 1. The smallest absolute Gasteiger partial charge is 0.269 e. The van der Waals surface area contributed by atoms with E-state index in [4.69, 9.17) is 10.3 Å². The van der Waals surface area contributed by atoms with Crippen molar-refractivity contribution in [2.24, 2.45) is 5.73 Å². The highest BCUT2D eigenvalue weighted by molar-refractivity contribution is 6.10. The number of nitrogens with zero attached hydrogens (tertiary/aromatic N) is 3. The maximum Gasteiger partial charge on any atom is 0.269 e. The molecule has 1 atom stereocenters. The molecule has 1 aliphatic heterocycles. The first-order valence-corrected chi connectivity index (χ1v) is 11.2. The van der Waals surface area contributed by atoms with Gasteiger partial charge in [0.15, 0.2) is 17.1 Å². The first-order valence-electron chi connectivity index (χ1n) is 11.2. The molecule has 168 valence electrons. The molecule has 0 fully saturated rings. The molecule has 8 nitrogen and oxygen atoms in total. The van der Waals surface area contributed by atoms with Crippen molar-refractivity contribution < 1.29 is 9.32 Å². The van der Waals surface area contributed by atoms with Gasteiger partial charge in [0, 0.05) is 39.5 Å². The van der Waals surface area contributed by atoms with Crippen LogP contribution in [0.5, 0.6) is 0 Å². The molecule has 1 aliphatic rings. The fraction of sp³-hybridized carbons (Fsp3) is 0.0370. The van der Waals surface area contributed by atoms with Crippen molar-refractivity contribution in [1.82, 2.24) is 20.3 Å². The zero-order valence-corrected chi connectivity index (χ0v) is 18.3. The molecule has 1 unspecified atom stereocenters. The summed E-state index contributed by atoms with van der Waals surface area (Å²) in [5, 5.41) is 18.1. The lowest BCUT2D eigenvalue weighted by molar-refractivity contribution is 0.0995. The molecule has 0 spiro atoms. The summed E-state index contributed by atoms with van der Waals surface area (Å²) in [4.78, 5) is 15.5. The van der Waals surface area contributed by atoms with E-state index in [1.165, 1.54) is 0 Å². The van der Waals surface area contributed by atoms with E-state index < -0.39 is 5.91 Å². The van der Waals surface area contributed by atoms with Gasteiger partial charge in [-0.05, 0) is 23.8 Å². The van der Waals surface area contributed by atoms with Crippen LogP contribution < -0.4 is 11.1 Å². The number of benzene rings is 3. The van der Waals surface area contributed by atoms with E-state index in [1.54, 1.807) is 0 Å². The number of fused-ring (bicyclic) bond motifs is 3. The van der Waals surface area contributed by atoms with Gasteiger partial charge in [0.1, 0.15) is 5.52 Å². The third-order valence-corrected chi connectivity index (χ3v) is 6.54. The summed E-state index contributed by atoms with van der Waals surface area (Å²) in [5.74, 6) is 0.103. The standard InChI is InChI=1S/C27H18N6O2/c28-26(34)24-21-16-8-4-5-9-19(16)30-23(18-13-29-27(22(18)21)32-31-24)15-10-11-20-17(12-15)25(35-33-20)14-6-2-1-3-7-14/h1-13,23,30H,(H2,28,34)(H,29,32). The Morgan fingerprint density at radius 1 is 0.971 bits per heavy atom. The number of nitrogens with one attached hydrogen (secondary N) is 2. The van der Waals surface area contributed by atoms with Crippen molar-refractivity contribution in [3.8, 4) is 22.5 Å². The van der Waals surface area contributed by atoms with Crippen molar-refractivity contribution in [3.63, 3.8) is 0 Å². The summed E-state index contributed by atoms with van der Waals surface area (Å²) in [6.07, 6.45) is 1.91. The van der Waals surface area contributed by atoms with Crippen LogP contribution in [0, 0.1) is 0 Å². The maximum atomic E-state index is 12.3. The molecule has 0 radical (unpaired) electrons. The Hall–Kier alpha value is -4.98. The second-order valence-electron chi connectivity index (χ2n) is 8.53. The van der Waals surface area contributed by atoms with Crippen LogP contribution in [0.2, 0.25) is 0 Å². The van der Waals surface area contributed by atoms with Crippen molar-refractivity contribution >= 4 is 33.5 Å². The van der Waals surface area contributed by atoms with Gasteiger partial charge in [0.05, 0.1) is 11.4 Å². The first-order chi connectivity index (χ1) is 17.2. The lowest BCUT2D eigenvalue weighted by atomic mass is 9.94. The van der Waals surface area contributed by atoms with E-state index in [9.17, 15) is 4.79 Å². The zero-order valence-electron chi connectivity index (χ0n) is 18.3. The molecule has 7 rings (SSSR count). The summed E-state index contributed by atoms with van der Waals surface area (Å²) in [6, 6.07) is 23.6. The Labute approximate surface area is 198 Å². The summed E-state index contributed by atoms with van der Waals surface area (Å²) in [5.41, 5.74) is 12.6. The fourth-order valence-corrected chi connectivity index (χ4v) is 4.96. The van der Waals surface area contributed by atoms with Gasteiger partial charge in [0.2, 0.25) is 0 Å². The van der Waals surface area contributed by atoms with Gasteiger partial charge in [-0.2, -0.15) is 0 Å². The number of para-hydroxylation sites is 1. The van der Waals surface area contributed by atoms with Gasteiger partial charge in [0.25, 0.3) is 5.91 Å². The van der Waals surface area contributed by atoms with E-state index in [-0.39, 0.29) is 11.7 Å². The average molecular weight is 458 g/mol. The Balaban J connectivity index is 1.49. The quantitative estimate of drug-likeness (QED) is 0.341. The number of carbonyl (C=O) groups excluding carboxylic acids is 1. The number of hydrogen-bond donors (Lipinski definition) is 3. The minimum atomic E-state index is -0.617. The SMILES string of the molecule is NC(=O)c1nnc2[nH]cc3c2c1-c1ccccc1NC3c1ccc2noc(-c3ccccc3)c2c1. The molecule has 3 aromatic heterocycles. The van der Waals surface area contributed by atoms with Crippen LogP contribution in [0.25, 0.3) is 44.4 Å². The van der Waals surface area contributed by atoms with Gasteiger partial charge in [-0.25, -0.2) is 0 Å². The third-order valence-electron chi connectivity index (χ3n) is 6.54. The molecule has 3 aromatic carbocycles. The summed E-state index contributed by atoms with van der Waals surface area (Å²) < 4.78 is 5.72. The molecule has 6 aromatic rings. The number of aromatic amines is 1. The molecule has 4 N–H and O–H groups in total. The van der Waals surface area contributed by atoms with Crippen LogP contribution in [0.3, 0.4) is 0 Å². The van der Waals surface area contributed by atoms with E-state index >= 15 is 0 Å². The summed E-state index contributed by atoms with van der Waals surface area (Å²) in [7, 11) is 0. The Bertz CT molecular complexity index is 1770. The second-order valence-corrected chi connectivity index (χ2v) is 8.53. The fourth-order valence-electron chi connectivity index (χ4n) is 4.96. The van der Waals surface area contributed by atoms with E-state index in [0.717, 1.165) is 50.0 Å². The molecule has 0 saturated heterocycles. The Morgan fingerprint density at radius 3 is 2.66 bits per heavy atom. The van der Waals surface area contributed by atoms with E-state index in [2.05, 4.69) is 31.7 Å². The molecule has 0 aliphatic carbocycles. The van der Waals surface area contributed by atoms with Crippen molar-refractivity contribution in [3.05, 3.63) is 95.8 Å². The average Bonchev–Trinajstić information content (AvgIpc) is 3.48. The number of nitrogens with two attached hydrogens (primary N) is 1. The second kappa shape index (κ2) is 7.26. The highest BCUT2D eigenvalue weighted by Gasteiger charge is 2.30. The molecule has 0 bridgehead atoms. The monoisotopic (exact) mass is 458 g/mol. The molecule has 0 saturated carbocycles. The first kappa shape index (κ1) is 19.5.